The fourth-order valence-corrected chi connectivity index (χ4v) is 2.93. The molecule has 0 N–H and O–H groups in total. The molecule has 1 saturated carbocycles. The van der Waals surface area contributed by atoms with Crippen molar-refractivity contribution in [2.24, 2.45) is 17.8 Å². The van der Waals surface area contributed by atoms with Crippen LogP contribution in [0.25, 0.3) is 0 Å². The zero-order chi connectivity index (χ0) is 9.97. The summed E-state index contributed by atoms with van der Waals surface area (Å²) < 4.78 is 5.26. The highest BCUT2D eigenvalue weighted by molar-refractivity contribution is 5.01. The fourth-order valence-electron chi connectivity index (χ4n) is 2.93. The highest BCUT2D eigenvalue weighted by atomic mass is 16.5. The molecule has 0 aromatic rings. The van der Waals surface area contributed by atoms with Crippen LogP contribution in [0.2, 0.25) is 0 Å². The van der Waals surface area contributed by atoms with Crippen molar-refractivity contribution in [2.45, 2.75) is 32.1 Å². The van der Waals surface area contributed by atoms with Crippen molar-refractivity contribution >= 4 is 0 Å². The second-order valence-corrected chi connectivity index (χ2v) is 4.64. The number of methoxy groups -OCH3 is 1. The standard InChI is InChI=1S/C13H20O/c1-10(14-2)12-8-7-11-5-3-4-6-13(11)9-12/h3-4,11-13H,1,5-9H2,2H3. The molecule has 0 bridgehead atoms. The molecule has 2 aliphatic rings. The minimum Gasteiger partial charge on any atom is -0.501 e. The maximum atomic E-state index is 5.26. The third-order valence-electron chi connectivity index (χ3n) is 3.90. The Morgan fingerprint density at radius 1 is 1.21 bits per heavy atom. The molecule has 0 spiro atoms. The number of hydrogen-bond acceptors (Lipinski definition) is 1. The zero-order valence-electron chi connectivity index (χ0n) is 9.04. The molecule has 1 fully saturated rings. The van der Waals surface area contributed by atoms with Gasteiger partial charge in [0, 0.05) is 5.92 Å². The first-order chi connectivity index (χ1) is 6.81. The SMILES string of the molecule is C=C(OC)C1CCC2CC=CCC2C1. The summed E-state index contributed by atoms with van der Waals surface area (Å²) in [6.45, 7) is 3.99. The van der Waals surface area contributed by atoms with Gasteiger partial charge in [-0.1, -0.05) is 18.7 Å². The molecule has 3 atom stereocenters. The molecule has 14 heavy (non-hydrogen) atoms. The van der Waals surface area contributed by atoms with Crippen LogP contribution in [0, 0.1) is 17.8 Å². The van der Waals surface area contributed by atoms with E-state index in [0.717, 1.165) is 17.6 Å². The van der Waals surface area contributed by atoms with E-state index >= 15 is 0 Å². The average molecular weight is 192 g/mol. The van der Waals surface area contributed by atoms with Gasteiger partial charge in [0.2, 0.25) is 0 Å². The summed E-state index contributed by atoms with van der Waals surface area (Å²) >= 11 is 0. The van der Waals surface area contributed by atoms with E-state index in [4.69, 9.17) is 4.74 Å². The lowest BCUT2D eigenvalue weighted by molar-refractivity contribution is 0.144. The third-order valence-corrected chi connectivity index (χ3v) is 3.90. The van der Waals surface area contributed by atoms with Gasteiger partial charge >= 0.3 is 0 Å². The summed E-state index contributed by atoms with van der Waals surface area (Å²) in [4.78, 5) is 0. The molecule has 0 saturated heterocycles. The van der Waals surface area contributed by atoms with Crippen LogP contribution in [-0.2, 0) is 4.74 Å². The van der Waals surface area contributed by atoms with E-state index in [-0.39, 0.29) is 0 Å². The van der Waals surface area contributed by atoms with E-state index in [2.05, 4.69) is 18.7 Å². The predicted molar refractivity (Wildman–Crippen MR) is 58.8 cm³/mol. The van der Waals surface area contributed by atoms with Crippen molar-refractivity contribution in [1.82, 2.24) is 0 Å². The van der Waals surface area contributed by atoms with Gasteiger partial charge in [-0.05, 0) is 43.9 Å². The molecule has 1 heteroatoms. The summed E-state index contributed by atoms with van der Waals surface area (Å²) in [5, 5.41) is 0. The Hall–Kier alpha value is -0.720. The highest BCUT2D eigenvalue weighted by Gasteiger charge is 2.31. The van der Waals surface area contributed by atoms with Crippen molar-refractivity contribution in [3.05, 3.63) is 24.5 Å². The van der Waals surface area contributed by atoms with Crippen molar-refractivity contribution in [2.75, 3.05) is 7.11 Å². The van der Waals surface area contributed by atoms with Crippen LogP contribution in [0.1, 0.15) is 32.1 Å². The lowest BCUT2D eigenvalue weighted by atomic mass is 9.69. The van der Waals surface area contributed by atoms with Crippen LogP contribution in [0.3, 0.4) is 0 Å². The maximum Gasteiger partial charge on any atom is 0.0914 e. The van der Waals surface area contributed by atoms with Gasteiger partial charge in [0.1, 0.15) is 0 Å². The van der Waals surface area contributed by atoms with Crippen molar-refractivity contribution in [3.63, 3.8) is 0 Å². The fraction of sp³-hybridized carbons (Fsp3) is 0.692. The maximum absolute atomic E-state index is 5.26. The predicted octanol–water partition coefficient (Wildman–Crippen LogP) is 3.53. The second kappa shape index (κ2) is 4.20. The van der Waals surface area contributed by atoms with Crippen LogP contribution in [0.4, 0.5) is 0 Å². The molecule has 0 heterocycles. The van der Waals surface area contributed by atoms with Crippen molar-refractivity contribution < 1.29 is 4.74 Å². The molecular formula is C13H20O. The monoisotopic (exact) mass is 192 g/mol. The molecule has 78 valence electrons. The molecule has 1 nitrogen and oxygen atoms in total. The molecule has 0 amide bonds. The number of hydrogen-bond donors (Lipinski definition) is 0. The Kier molecular flexibility index (Phi) is 2.95. The smallest absolute Gasteiger partial charge is 0.0914 e. The van der Waals surface area contributed by atoms with Gasteiger partial charge in [0.15, 0.2) is 0 Å². The van der Waals surface area contributed by atoms with Crippen LogP contribution in [0.5, 0.6) is 0 Å². The lowest BCUT2D eigenvalue weighted by Crippen LogP contribution is -2.27. The molecule has 3 unspecified atom stereocenters. The van der Waals surface area contributed by atoms with E-state index in [0.29, 0.717) is 5.92 Å². The quantitative estimate of drug-likeness (QED) is 0.480. The second-order valence-electron chi connectivity index (χ2n) is 4.64. The van der Waals surface area contributed by atoms with E-state index in [1.54, 1.807) is 7.11 Å². The highest BCUT2D eigenvalue weighted by Crippen LogP contribution is 2.42. The average Bonchev–Trinajstić information content (AvgIpc) is 2.27. The normalized spacial score (nSPS) is 36.2. The third kappa shape index (κ3) is 1.87. The van der Waals surface area contributed by atoms with E-state index in [1.807, 2.05) is 0 Å². The van der Waals surface area contributed by atoms with Gasteiger partial charge < -0.3 is 4.74 Å². The molecule has 2 aliphatic carbocycles. The first-order valence-corrected chi connectivity index (χ1v) is 5.69. The summed E-state index contributed by atoms with van der Waals surface area (Å²) in [6.07, 6.45) is 11.2. The van der Waals surface area contributed by atoms with Crippen molar-refractivity contribution in [1.29, 1.82) is 0 Å². The lowest BCUT2D eigenvalue weighted by Gasteiger charge is -2.37. The topological polar surface area (TPSA) is 9.23 Å². The summed E-state index contributed by atoms with van der Waals surface area (Å²) in [6, 6.07) is 0. The van der Waals surface area contributed by atoms with Gasteiger partial charge in [-0.3, -0.25) is 0 Å². The van der Waals surface area contributed by atoms with Crippen LogP contribution in [-0.4, -0.2) is 7.11 Å². The van der Waals surface area contributed by atoms with Gasteiger partial charge in [-0.25, -0.2) is 0 Å². The van der Waals surface area contributed by atoms with Gasteiger partial charge in [-0.2, -0.15) is 0 Å². The number of rotatable bonds is 2. The largest absolute Gasteiger partial charge is 0.501 e. The molecule has 2 rings (SSSR count). The number of allylic oxidation sites excluding steroid dienone is 3. The minimum atomic E-state index is 0.618. The van der Waals surface area contributed by atoms with Crippen LogP contribution >= 0.6 is 0 Å². The Morgan fingerprint density at radius 3 is 2.64 bits per heavy atom. The summed E-state index contributed by atoms with van der Waals surface area (Å²) in [5.74, 6) is 3.46. The minimum absolute atomic E-state index is 0.618. The van der Waals surface area contributed by atoms with E-state index < -0.39 is 0 Å². The molecule has 0 aromatic heterocycles. The van der Waals surface area contributed by atoms with Crippen LogP contribution in [0.15, 0.2) is 24.5 Å². The molecule has 0 aliphatic heterocycles. The molecule has 0 aromatic carbocycles. The Balaban J connectivity index is 1.96. The summed E-state index contributed by atoms with van der Waals surface area (Å²) in [7, 11) is 1.75. The Bertz CT molecular complexity index is 242. The number of fused-ring (bicyclic) bond motifs is 1. The molecule has 0 radical (unpaired) electrons. The van der Waals surface area contributed by atoms with Gasteiger partial charge in [-0.15, -0.1) is 0 Å². The van der Waals surface area contributed by atoms with E-state index in [9.17, 15) is 0 Å². The zero-order valence-corrected chi connectivity index (χ0v) is 9.04. The number of ether oxygens (including phenoxy) is 1. The Labute approximate surface area is 86.8 Å². The first-order valence-electron chi connectivity index (χ1n) is 5.69. The van der Waals surface area contributed by atoms with Gasteiger partial charge in [0.25, 0.3) is 0 Å². The van der Waals surface area contributed by atoms with Crippen molar-refractivity contribution in [3.8, 4) is 0 Å². The van der Waals surface area contributed by atoms with Gasteiger partial charge in [0.05, 0.1) is 12.9 Å². The molecular weight excluding hydrogens is 172 g/mol. The first kappa shape index (κ1) is 9.82. The Morgan fingerprint density at radius 2 is 1.93 bits per heavy atom. The summed E-state index contributed by atoms with van der Waals surface area (Å²) in [5.41, 5.74) is 0. The van der Waals surface area contributed by atoms with E-state index in [1.165, 1.54) is 32.1 Å². The van der Waals surface area contributed by atoms with Crippen LogP contribution < -0.4 is 0 Å².